The van der Waals surface area contributed by atoms with Crippen molar-refractivity contribution in [2.24, 2.45) is 0 Å². The van der Waals surface area contributed by atoms with Gasteiger partial charge in [-0.2, -0.15) is 13.2 Å². The van der Waals surface area contributed by atoms with E-state index in [1.165, 1.54) is 18.2 Å². The minimum absolute atomic E-state index is 0.100. The van der Waals surface area contributed by atoms with Gasteiger partial charge in [0, 0.05) is 6.42 Å². The van der Waals surface area contributed by atoms with E-state index in [2.05, 4.69) is 10.1 Å². The van der Waals surface area contributed by atoms with Crippen LogP contribution in [-0.2, 0) is 27.3 Å². The fourth-order valence-electron chi connectivity index (χ4n) is 2.25. The molecule has 5 nitrogen and oxygen atoms in total. The van der Waals surface area contributed by atoms with Gasteiger partial charge in [-0.3, -0.25) is 0 Å². The normalized spacial score (nSPS) is 12.1. The lowest BCUT2D eigenvalue weighted by Crippen LogP contribution is -2.44. The van der Waals surface area contributed by atoms with Crippen molar-refractivity contribution in [2.45, 2.75) is 25.2 Å². The van der Waals surface area contributed by atoms with Crippen molar-refractivity contribution in [2.75, 3.05) is 6.61 Å². The topological polar surface area (TPSA) is 64.6 Å². The largest absolute Gasteiger partial charge is 0.454 e. The molecular weight excluding hydrogens is 382 g/mol. The van der Waals surface area contributed by atoms with Gasteiger partial charge in [-0.25, -0.2) is 14.0 Å². The minimum Gasteiger partial charge on any atom is -0.454 e. The molecule has 0 aliphatic rings. The van der Waals surface area contributed by atoms with Crippen LogP contribution in [0, 0.1) is 5.82 Å². The van der Waals surface area contributed by atoms with Crippen LogP contribution in [0.25, 0.3) is 0 Å². The van der Waals surface area contributed by atoms with E-state index in [1.54, 1.807) is 30.3 Å². The van der Waals surface area contributed by atoms with Gasteiger partial charge in [0.2, 0.25) is 0 Å². The van der Waals surface area contributed by atoms with E-state index in [4.69, 9.17) is 4.74 Å². The number of carbonyl (C=O) groups is 2. The van der Waals surface area contributed by atoms with Crippen LogP contribution in [0.1, 0.15) is 11.1 Å². The van der Waals surface area contributed by atoms with Crippen LogP contribution in [-0.4, -0.2) is 30.9 Å². The van der Waals surface area contributed by atoms with Crippen molar-refractivity contribution in [3.63, 3.8) is 0 Å². The predicted molar refractivity (Wildman–Crippen MR) is 90.7 cm³/mol. The molecule has 1 atom stereocenters. The summed E-state index contributed by atoms with van der Waals surface area (Å²) in [6.45, 7) is -1.90. The molecule has 2 aromatic carbocycles. The second kappa shape index (κ2) is 9.72. The van der Waals surface area contributed by atoms with E-state index in [0.717, 1.165) is 6.07 Å². The van der Waals surface area contributed by atoms with Crippen molar-refractivity contribution < 1.29 is 36.6 Å². The molecule has 0 aliphatic heterocycles. The van der Waals surface area contributed by atoms with Crippen LogP contribution in [0.5, 0.6) is 0 Å². The molecule has 1 N–H and O–H groups in total. The number of carbonyl (C=O) groups excluding carboxylic acids is 2. The predicted octanol–water partition coefficient (Wildman–Crippen LogP) is 3.77. The molecule has 1 unspecified atom stereocenters. The van der Waals surface area contributed by atoms with Crippen molar-refractivity contribution in [3.05, 3.63) is 71.5 Å². The highest BCUT2D eigenvalue weighted by molar-refractivity contribution is 5.81. The third-order valence-corrected chi connectivity index (χ3v) is 3.50. The van der Waals surface area contributed by atoms with Gasteiger partial charge < -0.3 is 14.8 Å². The molecule has 0 aliphatic carbocycles. The average Bonchev–Trinajstić information content (AvgIpc) is 2.64. The van der Waals surface area contributed by atoms with Crippen molar-refractivity contribution >= 4 is 12.1 Å². The molecule has 0 saturated carbocycles. The van der Waals surface area contributed by atoms with E-state index >= 15 is 0 Å². The van der Waals surface area contributed by atoms with E-state index in [0.29, 0.717) is 5.56 Å². The lowest BCUT2D eigenvalue weighted by Gasteiger charge is -2.18. The minimum atomic E-state index is -4.72. The number of nitrogens with one attached hydrogen (secondary N) is 1. The highest BCUT2D eigenvalue weighted by atomic mass is 19.4. The number of amides is 1. The molecule has 1 amide bonds. The SMILES string of the molecule is O=C(NC(Cc1cccc(F)c1)C(=O)OCC(F)(F)F)OCc1ccccc1. The Kier molecular flexibility index (Phi) is 7.36. The molecular formula is C19H17F4NO4. The van der Waals surface area contributed by atoms with Gasteiger partial charge in [-0.05, 0) is 23.3 Å². The summed E-state index contributed by atoms with van der Waals surface area (Å²) < 4.78 is 59.4. The third-order valence-electron chi connectivity index (χ3n) is 3.50. The zero-order chi connectivity index (χ0) is 20.6. The molecule has 9 heteroatoms. The number of hydrogen-bond donors (Lipinski definition) is 1. The second-order valence-corrected chi connectivity index (χ2v) is 5.82. The summed E-state index contributed by atoms with van der Waals surface area (Å²) in [6, 6.07) is 12.3. The summed E-state index contributed by atoms with van der Waals surface area (Å²) in [5, 5.41) is 2.17. The zero-order valence-corrected chi connectivity index (χ0v) is 14.5. The monoisotopic (exact) mass is 399 g/mol. The lowest BCUT2D eigenvalue weighted by atomic mass is 10.1. The number of rotatable bonds is 7. The lowest BCUT2D eigenvalue weighted by molar-refractivity contribution is -0.187. The Hall–Kier alpha value is -3.10. The first-order chi connectivity index (χ1) is 13.2. The van der Waals surface area contributed by atoms with Crippen LogP contribution in [0.3, 0.4) is 0 Å². The summed E-state index contributed by atoms with van der Waals surface area (Å²) >= 11 is 0. The Labute approximate surface area is 158 Å². The molecule has 0 spiro atoms. The smallest absolute Gasteiger partial charge is 0.422 e. The fraction of sp³-hybridized carbons (Fsp3) is 0.263. The van der Waals surface area contributed by atoms with Crippen LogP contribution in [0.2, 0.25) is 0 Å². The summed E-state index contributed by atoms with van der Waals surface area (Å²) in [4.78, 5) is 24.0. The molecule has 2 aromatic rings. The maximum atomic E-state index is 13.3. The second-order valence-electron chi connectivity index (χ2n) is 5.82. The quantitative estimate of drug-likeness (QED) is 0.569. The van der Waals surface area contributed by atoms with Gasteiger partial charge in [0.15, 0.2) is 6.61 Å². The van der Waals surface area contributed by atoms with Gasteiger partial charge in [-0.15, -0.1) is 0 Å². The molecule has 0 heterocycles. The number of esters is 1. The number of ether oxygens (including phenoxy) is 2. The number of alkyl halides is 3. The molecule has 0 fully saturated rings. The molecule has 0 bridgehead atoms. The Morgan fingerprint density at radius 1 is 0.964 bits per heavy atom. The number of hydrogen-bond acceptors (Lipinski definition) is 4. The maximum Gasteiger partial charge on any atom is 0.422 e. The van der Waals surface area contributed by atoms with Crippen molar-refractivity contribution in [3.8, 4) is 0 Å². The van der Waals surface area contributed by atoms with Crippen LogP contribution in [0.15, 0.2) is 54.6 Å². The van der Waals surface area contributed by atoms with Gasteiger partial charge in [-0.1, -0.05) is 42.5 Å². The molecule has 28 heavy (non-hydrogen) atoms. The van der Waals surface area contributed by atoms with Crippen molar-refractivity contribution in [1.82, 2.24) is 5.32 Å². The summed E-state index contributed by atoms with van der Waals surface area (Å²) in [6.07, 6.45) is -6.00. The van der Waals surface area contributed by atoms with Crippen LogP contribution < -0.4 is 5.32 Å². The average molecular weight is 399 g/mol. The standard InChI is InChI=1S/C19H17F4NO4/c20-15-8-4-7-14(9-15)10-16(17(25)28-12-19(21,22)23)24-18(26)27-11-13-5-2-1-3-6-13/h1-9,16H,10-12H2,(H,24,26). The molecule has 2 rings (SSSR count). The Morgan fingerprint density at radius 3 is 2.29 bits per heavy atom. The first-order valence-electron chi connectivity index (χ1n) is 8.18. The number of benzene rings is 2. The van der Waals surface area contributed by atoms with Gasteiger partial charge in [0.1, 0.15) is 18.5 Å². The molecule has 0 aromatic heterocycles. The van der Waals surface area contributed by atoms with Gasteiger partial charge in [0.25, 0.3) is 0 Å². The van der Waals surface area contributed by atoms with E-state index < -0.39 is 36.7 Å². The van der Waals surface area contributed by atoms with Crippen LogP contribution >= 0.6 is 0 Å². The zero-order valence-electron chi connectivity index (χ0n) is 14.5. The highest BCUT2D eigenvalue weighted by Crippen LogP contribution is 2.16. The molecule has 150 valence electrons. The Morgan fingerprint density at radius 2 is 1.64 bits per heavy atom. The van der Waals surface area contributed by atoms with Gasteiger partial charge in [0.05, 0.1) is 0 Å². The summed E-state index contributed by atoms with van der Waals surface area (Å²) in [7, 11) is 0. The Bertz CT molecular complexity index is 796. The Balaban J connectivity index is 2.01. The summed E-state index contributed by atoms with van der Waals surface area (Å²) in [5.41, 5.74) is 0.969. The maximum absolute atomic E-state index is 13.3. The molecule has 0 radical (unpaired) electrons. The van der Waals surface area contributed by atoms with E-state index in [1.807, 2.05) is 0 Å². The summed E-state index contributed by atoms with van der Waals surface area (Å²) in [5.74, 6) is -1.90. The fourth-order valence-corrected chi connectivity index (χ4v) is 2.25. The first kappa shape index (κ1) is 21.2. The van der Waals surface area contributed by atoms with Crippen LogP contribution in [0.4, 0.5) is 22.4 Å². The van der Waals surface area contributed by atoms with E-state index in [9.17, 15) is 27.2 Å². The van der Waals surface area contributed by atoms with Gasteiger partial charge >= 0.3 is 18.2 Å². The highest BCUT2D eigenvalue weighted by Gasteiger charge is 2.32. The number of alkyl carbamates (subject to hydrolysis) is 1. The third kappa shape index (κ3) is 7.65. The first-order valence-corrected chi connectivity index (χ1v) is 8.18. The molecule has 0 saturated heterocycles. The van der Waals surface area contributed by atoms with E-state index in [-0.39, 0.29) is 18.6 Å². The van der Waals surface area contributed by atoms with Crippen molar-refractivity contribution in [1.29, 1.82) is 0 Å². The number of halogens is 4.